The second-order valence-corrected chi connectivity index (χ2v) is 8.74. The predicted molar refractivity (Wildman–Crippen MR) is 121 cm³/mol. The molecule has 4 fully saturated rings. The van der Waals surface area contributed by atoms with Crippen molar-refractivity contribution >= 4 is 0 Å². The van der Waals surface area contributed by atoms with Gasteiger partial charge in [0, 0.05) is 37.1 Å². The summed E-state index contributed by atoms with van der Waals surface area (Å²) in [5.74, 6) is 0.946. The van der Waals surface area contributed by atoms with Crippen LogP contribution >= 0.6 is 0 Å². The summed E-state index contributed by atoms with van der Waals surface area (Å²) in [5, 5.41) is 6.88. The third-order valence-electron chi connectivity index (χ3n) is 6.52. The lowest BCUT2D eigenvalue weighted by molar-refractivity contribution is 0.112. The zero-order valence-electron chi connectivity index (χ0n) is 19.6. The molecule has 4 aliphatic rings. The number of piperidine rings is 1. The molecule has 0 aromatic heterocycles. The Labute approximate surface area is 170 Å². The van der Waals surface area contributed by atoms with Gasteiger partial charge in [-0.25, -0.2) is 0 Å². The smallest absolute Gasteiger partial charge is 0.0151 e. The molecule has 2 atom stereocenters. The minimum absolute atomic E-state index is 0.672. The summed E-state index contributed by atoms with van der Waals surface area (Å²) >= 11 is 0. The van der Waals surface area contributed by atoms with Crippen molar-refractivity contribution < 1.29 is 0 Å². The van der Waals surface area contributed by atoms with E-state index in [1.54, 1.807) is 0 Å². The highest BCUT2D eigenvalue weighted by molar-refractivity contribution is 4.95. The van der Waals surface area contributed by atoms with Crippen molar-refractivity contribution in [1.29, 1.82) is 0 Å². The average Bonchev–Trinajstić information content (AvgIpc) is 3.00. The lowest BCUT2D eigenvalue weighted by atomic mass is 9.78. The lowest BCUT2D eigenvalue weighted by Crippen LogP contribution is -2.57. The van der Waals surface area contributed by atoms with Gasteiger partial charge >= 0.3 is 0 Å². The van der Waals surface area contributed by atoms with Gasteiger partial charge in [-0.05, 0) is 78.7 Å². The molecule has 0 aromatic rings. The van der Waals surface area contributed by atoms with Gasteiger partial charge in [0.15, 0.2) is 0 Å². The highest BCUT2D eigenvalue weighted by Gasteiger charge is 2.38. The van der Waals surface area contributed by atoms with E-state index in [9.17, 15) is 0 Å². The van der Waals surface area contributed by atoms with E-state index in [4.69, 9.17) is 0 Å². The zero-order chi connectivity index (χ0) is 20.3. The van der Waals surface area contributed by atoms with Gasteiger partial charge in [-0.3, -0.25) is 4.90 Å². The first kappa shape index (κ1) is 24.9. The van der Waals surface area contributed by atoms with Crippen LogP contribution in [0.25, 0.3) is 0 Å². The van der Waals surface area contributed by atoms with Crippen LogP contribution in [0.3, 0.4) is 0 Å². The third kappa shape index (κ3) is 7.30. The Kier molecular flexibility index (Phi) is 12.1. The van der Waals surface area contributed by atoms with Crippen LogP contribution in [0.1, 0.15) is 73.6 Å². The maximum absolute atomic E-state index is 3.49. The second kappa shape index (κ2) is 13.1. The number of rotatable bonds is 1. The Hall–Kier alpha value is -0.160. The summed E-state index contributed by atoms with van der Waals surface area (Å²) < 4.78 is 0. The Morgan fingerprint density at radius 2 is 1.63 bits per heavy atom. The molecular weight excluding hydrogens is 332 g/mol. The van der Waals surface area contributed by atoms with Crippen LogP contribution in [0, 0.1) is 11.3 Å². The number of hydrogen-bond donors (Lipinski definition) is 2. The summed E-state index contributed by atoms with van der Waals surface area (Å²) in [6.45, 7) is 21.6. The van der Waals surface area contributed by atoms with E-state index >= 15 is 0 Å². The number of nitrogens with one attached hydrogen (secondary N) is 2. The second-order valence-electron chi connectivity index (χ2n) is 8.74. The summed E-state index contributed by atoms with van der Waals surface area (Å²) in [7, 11) is 2.26. The van der Waals surface area contributed by atoms with Crippen LogP contribution in [-0.4, -0.2) is 74.7 Å². The molecule has 4 nitrogen and oxygen atoms in total. The van der Waals surface area contributed by atoms with E-state index in [2.05, 4.69) is 41.3 Å². The van der Waals surface area contributed by atoms with Crippen molar-refractivity contribution in [3.63, 3.8) is 0 Å². The fourth-order valence-corrected chi connectivity index (χ4v) is 5.14. The van der Waals surface area contributed by atoms with Crippen LogP contribution in [0.15, 0.2) is 0 Å². The van der Waals surface area contributed by atoms with Crippen molar-refractivity contribution in [2.75, 3.05) is 52.9 Å². The van der Waals surface area contributed by atoms with Gasteiger partial charge in [0.25, 0.3) is 0 Å². The van der Waals surface area contributed by atoms with Crippen LogP contribution in [0.2, 0.25) is 0 Å². The van der Waals surface area contributed by atoms with Crippen LogP contribution in [0.5, 0.6) is 0 Å². The fourth-order valence-electron chi connectivity index (χ4n) is 5.14. The van der Waals surface area contributed by atoms with Crippen LogP contribution < -0.4 is 10.6 Å². The van der Waals surface area contributed by atoms with Crippen LogP contribution in [0.4, 0.5) is 0 Å². The molecule has 162 valence electrons. The van der Waals surface area contributed by atoms with Gasteiger partial charge in [-0.1, -0.05) is 34.1 Å². The molecule has 27 heavy (non-hydrogen) atoms. The highest BCUT2D eigenvalue weighted by Crippen LogP contribution is 2.32. The first-order chi connectivity index (χ1) is 13.1. The quantitative estimate of drug-likeness (QED) is 0.722. The van der Waals surface area contributed by atoms with E-state index in [-0.39, 0.29) is 0 Å². The SMILES string of the molecule is CC.CC.CC(C)N1CCC2CNCCC21.CN1CCCCC2(CNC2)C1. The maximum Gasteiger partial charge on any atom is 0.0151 e. The molecule has 0 radical (unpaired) electrons. The van der Waals surface area contributed by atoms with E-state index < -0.39 is 0 Å². The first-order valence-electron chi connectivity index (χ1n) is 12.0. The molecule has 0 bridgehead atoms. The Bertz CT molecular complexity index is 367. The average molecular weight is 383 g/mol. The van der Waals surface area contributed by atoms with Crippen LogP contribution in [-0.2, 0) is 0 Å². The largest absolute Gasteiger partial charge is 0.316 e. The molecule has 4 heteroatoms. The normalized spacial score (nSPS) is 29.8. The molecular formula is C23H50N4. The van der Waals surface area contributed by atoms with Crippen molar-refractivity contribution in [2.45, 2.75) is 85.7 Å². The van der Waals surface area contributed by atoms with Gasteiger partial charge in [0.2, 0.25) is 0 Å². The van der Waals surface area contributed by atoms with Gasteiger partial charge in [-0.15, -0.1) is 0 Å². The standard InChI is InChI=1S/C10H20N2.C9H18N2.2C2H6/c1-8(2)12-6-4-9-7-11-5-3-10(9)12;1-11-5-3-2-4-9(8-11)6-10-7-9;2*1-2/h8-11H,3-7H2,1-2H3;10H,2-8H2,1H3;2*1-2H3. The fraction of sp³-hybridized carbons (Fsp3) is 1.00. The molecule has 4 heterocycles. The molecule has 0 saturated carbocycles. The van der Waals surface area contributed by atoms with Crippen molar-refractivity contribution in [3.8, 4) is 0 Å². The summed E-state index contributed by atoms with van der Waals surface area (Å²) in [4.78, 5) is 5.18. The molecule has 4 aliphatic heterocycles. The topological polar surface area (TPSA) is 30.5 Å². The Morgan fingerprint density at radius 1 is 0.926 bits per heavy atom. The third-order valence-corrected chi connectivity index (χ3v) is 6.52. The molecule has 0 aromatic carbocycles. The molecule has 2 N–H and O–H groups in total. The summed E-state index contributed by atoms with van der Waals surface area (Å²) in [6.07, 6.45) is 7.06. The van der Waals surface area contributed by atoms with Crippen molar-refractivity contribution in [2.24, 2.45) is 11.3 Å². The number of hydrogen-bond acceptors (Lipinski definition) is 4. The van der Waals surface area contributed by atoms with Gasteiger partial charge in [-0.2, -0.15) is 0 Å². The van der Waals surface area contributed by atoms with Crippen molar-refractivity contribution in [1.82, 2.24) is 20.4 Å². The molecule has 0 amide bonds. The molecule has 0 aliphatic carbocycles. The predicted octanol–water partition coefficient (Wildman–Crippen LogP) is 3.82. The molecule has 1 spiro atoms. The highest BCUT2D eigenvalue weighted by atomic mass is 15.2. The summed E-state index contributed by atoms with van der Waals surface area (Å²) in [6, 6.07) is 1.64. The Balaban J connectivity index is 0.000000229. The molecule has 4 saturated heterocycles. The van der Waals surface area contributed by atoms with E-state index in [0.29, 0.717) is 5.41 Å². The Morgan fingerprint density at radius 3 is 2.22 bits per heavy atom. The van der Waals surface area contributed by atoms with Gasteiger partial charge < -0.3 is 15.5 Å². The molecule has 4 rings (SSSR count). The van der Waals surface area contributed by atoms with Crippen molar-refractivity contribution in [3.05, 3.63) is 0 Å². The van der Waals surface area contributed by atoms with E-state index in [0.717, 1.165) is 18.0 Å². The monoisotopic (exact) mass is 382 g/mol. The zero-order valence-corrected chi connectivity index (χ0v) is 19.6. The van der Waals surface area contributed by atoms with Gasteiger partial charge in [0.1, 0.15) is 0 Å². The molecule has 2 unspecified atom stereocenters. The van der Waals surface area contributed by atoms with Gasteiger partial charge in [0.05, 0.1) is 0 Å². The number of fused-ring (bicyclic) bond motifs is 1. The minimum Gasteiger partial charge on any atom is -0.316 e. The summed E-state index contributed by atoms with van der Waals surface area (Å²) in [5.41, 5.74) is 0.672. The lowest BCUT2D eigenvalue weighted by Gasteiger charge is -2.43. The van der Waals surface area contributed by atoms with E-state index in [1.807, 2.05) is 27.7 Å². The minimum atomic E-state index is 0.672. The van der Waals surface area contributed by atoms with E-state index in [1.165, 1.54) is 77.9 Å². The number of nitrogens with zero attached hydrogens (tertiary/aromatic N) is 2. The maximum atomic E-state index is 3.49. The number of likely N-dealkylation sites (tertiary alicyclic amines) is 2. The first-order valence-corrected chi connectivity index (χ1v) is 12.0.